The van der Waals surface area contributed by atoms with Crippen LogP contribution in [0.3, 0.4) is 0 Å². The number of sulfonamides is 3. The van der Waals surface area contributed by atoms with Crippen molar-refractivity contribution in [2.75, 3.05) is 63.1 Å². The number of hydrazine groups is 1. The molecule has 0 radical (unpaired) electrons. The number of benzene rings is 3. The summed E-state index contributed by atoms with van der Waals surface area (Å²) in [6.45, 7) is 13.3. The Balaban J connectivity index is 0.000000350. The molecule has 690 valence electrons. The molecule has 31 nitrogen and oxygen atoms in total. The van der Waals surface area contributed by atoms with Crippen molar-refractivity contribution in [2.24, 2.45) is 68.2 Å². The number of aliphatic carboxylic acids is 1. The van der Waals surface area contributed by atoms with Crippen LogP contribution in [-0.4, -0.2) is 200 Å². The number of carbonyl (C=O) groups excluding carboxylic acids is 7. The maximum Gasteiger partial charge on any atom is 1.00 e. The second-order valence-corrected chi connectivity index (χ2v) is 39.6. The Morgan fingerprint density at radius 1 is 0.548 bits per heavy atom. The molecule has 41 heteroatoms. The van der Waals surface area contributed by atoms with Gasteiger partial charge in [0.05, 0.1) is 34.0 Å². The molecule has 0 aromatic heterocycles. The molecule has 1 spiro atoms. The maximum atomic E-state index is 13.1. The van der Waals surface area contributed by atoms with E-state index in [1.807, 2.05) is 75.4 Å². The summed E-state index contributed by atoms with van der Waals surface area (Å²) in [7, 11) is -10.6. The Bertz CT molecular complexity index is 4430. The summed E-state index contributed by atoms with van der Waals surface area (Å²) < 4.78 is 156. The van der Waals surface area contributed by atoms with Gasteiger partial charge in [0.2, 0.25) is 67.1 Å². The summed E-state index contributed by atoms with van der Waals surface area (Å²) in [6, 6.07) is 17.0. The number of primary amides is 2. The van der Waals surface area contributed by atoms with E-state index in [2.05, 4.69) is 21.1 Å². The molecule has 124 heavy (non-hydrogen) atoms. The van der Waals surface area contributed by atoms with Crippen LogP contribution < -0.4 is 68.5 Å². The number of aliphatic hydroxyl groups is 1. The molecule has 4 aliphatic heterocycles. The molecule has 3 aromatic carbocycles. The van der Waals surface area contributed by atoms with Gasteiger partial charge in [-0.15, -0.1) is 4.91 Å². The number of amides is 4. The molecular weight excluding hydrogens is 1700 g/mol. The first kappa shape index (κ1) is 109. The Kier molecular flexibility index (Phi) is 45.4. The van der Waals surface area contributed by atoms with Gasteiger partial charge in [-0.05, 0) is 251 Å². The molecule has 0 unspecified atom stereocenters. The summed E-state index contributed by atoms with van der Waals surface area (Å²) in [5, 5.41) is 26.3. The number of nitroso groups, excluding NO2 is 1. The topological polar surface area (TPSA) is 492 Å². The number of carboxylic acids is 1. The van der Waals surface area contributed by atoms with Gasteiger partial charge in [-0.3, -0.25) is 48.6 Å². The molecule has 4 heterocycles. The number of ketones is 3. The van der Waals surface area contributed by atoms with Gasteiger partial charge < -0.3 is 49.1 Å². The number of hydrogen-bond acceptors (Lipinski definition) is 20. The minimum absolute atomic E-state index is 0. The van der Waals surface area contributed by atoms with Crippen molar-refractivity contribution in [3.8, 4) is 0 Å². The molecule has 3 saturated heterocycles. The zero-order chi connectivity index (χ0) is 91.8. The number of carbonyl (C=O) groups is 8. The molecular formula is C83H125F6N14NaO17S3. The standard InChI is InChI=1S/C27H39F2N3O5S.C27H37F2N3O4S.C18H27N3O4S.C9H14F2O2.C2H6O.H2N5O.Na/c1-18-15-21(16-19(2)33)5-6-22(18)9-14-38(36,37)32-12-10-27(11-13-32,26(30)35)31-25(34)23-7-3-20(4-8-23)17-24(28)29;1-18-15-21(16-19(2)33)5-6-22(18)9-14-37(35,36)32-12-10-27(11-13-32)26(34)30-25(31-27)23-7-3-20(4-8-23)17-24(28)29;1-13-11-15(12-14(2)22)3-4-16(13)5-10-26(24,25)21-8-6-18(20,7-9-21)17(19)23;10-8(11)5-6-1-3-7(4-2-6)9(12)13;1-2-3;1-2-3-4-5-6;/h5-6,15,20,23-24H,3-4,7-14,16-17H2,1-2H3,(H2,30,35)(H,31,34);5-6,15,20,23-24H,3-4,7-14,16-17H2,1-2H3,(H,30,31,34);3-4,11H,5-10,12,20H2,1-2H3,(H2,19,23);6-8H,1-5H2,(H,12,13);3H,2H2,1H3;(H2-,1,2,3,4,5,6);/q;;;;;-1;+1. The number of nitrogens with one attached hydrogen (secondary N) is 4. The van der Waals surface area contributed by atoms with Gasteiger partial charge in [-0.2, -0.15) is 0 Å². The van der Waals surface area contributed by atoms with E-state index in [0.29, 0.717) is 121 Å². The number of aliphatic hydroxyl groups excluding tert-OH is 1. The predicted octanol–water partition coefficient (Wildman–Crippen LogP) is 6.23. The largest absolute Gasteiger partial charge is 1.00 e. The van der Waals surface area contributed by atoms with E-state index >= 15 is 0 Å². The molecule has 4 amide bonds. The number of rotatable bonds is 33. The van der Waals surface area contributed by atoms with Crippen LogP contribution >= 0.6 is 0 Å². The summed E-state index contributed by atoms with van der Waals surface area (Å²) in [6.07, 6.45) is 3.65. The van der Waals surface area contributed by atoms with Crippen LogP contribution in [0.15, 0.2) is 70.1 Å². The minimum Gasteiger partial charge on any atom is -0.481 e. The number of aliphatic imine (C=N–C) groups is 1. The second-order valence-electron chi connectivity index (χ2n) is 33.4. The number of piperidine rings is 3. The molecule has 3 saturated carbocycles. The average Bonchev–Trinajstić information content (AvgIpc) is 1.60. The quantitative estimate of drug-likeness (QED) is 0.00814. The molecule has 0 bridgehead atoms. The normalized spacial score (nSPS) is 21.3. The molecule has 7 aliphatic rings. The molecule has 3 aliphatic carbocycles. The fourth-order valence-electron chi connectivity index (χ4n) is 16.7. The van der Waals surface area contributed by atoms with Gasteiger partial charge in [-0.25, -0.2) is 70.0 Å². The number of hydrogen-bond donors (Lipinski definition) is 9. The third-order valence-corrected chi connectivity index (χ3v) is 29.7. The third-order valence-electron chi connectivity index (χ3n) is 24.0. The van der Waals surface area contributed by atoms with Gasteiger partial charge >= 0.3 is 35.5 Å². The molecule has 12 N–H and O–H groups in total. The SMILES string of the molecule is CC(=O)Cc1ccc(CCS(=O)(=O)N2CCC(N)(C(N)=O)CC2)c(C)c1.CC(=O)Cc1ccc(CCS(=O)(=O)N2CCC(NC(=O)C3CCC(CC(F)F)CC3)(C(N)=O)CC2)c(C)c1.CC(=O)Cc1ccc(CCS(=O)(=O)N2CCC3(CC2)N=C(C2CCC(CC(F)F)CC2)NC3=O)c(C)c1.CCO.O=C(O)C1CCC(CC(F)F)CC1.[N-]=NNNN=O.[Na+]. The molecule has 0 atom stereocenters. The van der Waals surface area contributed by atoms with Crippen LogP contribution in [0.4, 0.5) is 26.3 Å². The number of nitrogens with zero attached hydrogens (tertiary/aromatic N) is 7. The average molecular weight is 1820 g/mol. The molecule has 10 rings (SSSR count). The van der Waals surface area contributed by atoms with Gasteiger partial charge in [0.15, 0.2) is 0 Å². The van der Waals surface area contributed by atoms with E-state index in [1.165, 1.54) is 19.8 Å². The van der Waals surface area contributed by atoms with Gasteiger partial charge in [0, 0.05) is 96.2 Å². The van der Waals surface area contributed by atoms with Crippen LogP contribution in [-0.2, 0) is 107 Å². The van der Waals surface area contributed by atoms with Crippen LogP contribution in [0, 0.1) is 61.2 Å². The number of carboxylic acid groups (broad SMARTS) is 1. The van der Waals surface area contributed by atoms with E-state index in [1.54, 1.807) is 31.8 Å². The van der Waals surface area contributed by atoms with Gasteiger partial charge in [0.1, 0.15) is 34.3 Å². The smallest absolute Gasteiger partial charge is 0.481 e. The summed E-state index contributed by atoms with van der Waals surface area (Å²) in [4.78, 5) is 108. The van der Waals surface area contributed by atoms with Crippen molar-refractivity contribution in [1.29, 1.82) is 0 Å². The van der Waals surface area contributed by atoms with Crippen LogP contribution in [0.1, 0.15) is 213 Å². The van der Waals surface area contributed by atoms with Crippen LogP contribution in [0.5, 0.6) is 0 Å². The first-order chi connectivity index (χ1) is 57.7. The van der Waals surface area contributed by atoms with Crippen molar-refractivity contribution < 1.29 is 130 Å². The maximum absolute atomic E-state index is 13.1. The van der Waals surface area contributed by atoms with Crippen LogP contribution in [0.2, 0.25) is 0 Å². The Hall–Kier alpha value is -7.28. The summed E-state index contributed by atoms with van der Waals surface area (Å²) in [5.41, 5.74) is 32.6. The summed E-state index contributed by atoms with van der Waals surface area (Å²) >= 11 is 0. The van der Waals surface area contributed by atoms with E-state index < -0.39 is 83.7 Å². The minimum atomic E-state index is -3.62. The molecule has 3 aromatic rings. The zero-order valence-electron chi connectivity index (χ0n) is 72.4. The van der Waals surface area contributed by atoms with Crippen molar-refractivity contribution >= 4 is 82.9 Å². The van der Waals surface area contributed by atoms with E-state index in [4.69, 9.17) is 42.8 Å². The number of amidine groups is 1. The Labute approximate surface area is 746 Å². The Morgan fingerprint density at radius 2 is 0.879 bits per heavy atom. The first-order valence-corrected chi connectivity index (χ1v) is 46.7. The number of alkyl halides is 6. The van der Waals surface area contributed by atoms with Crippen molar-refractivity contribution in [3.05, 3.63) is 115 Å². The van der Waals surface area contributed by atoms with E-state index in [9.17, 15) is 90.0 Å². The van der Waals surface area contributed by atoms with Crippen molar-refractivity contribution in [2.45, 2.75) is 258 Å². The molecule has 6 fully saturated rings. The van der Waals surface area contributed by atoms with Gasteiger partial charge in [-0.1, -0.05) is 54.6 Å². The third kappa shape index (κ3) is 35.4. The van der Waals surface area contributed by atoms with E-state index in [-0.39, 0.29) is 202 Å². The summed E-state index contributed by atoms with van der Waals surface area (Å²) in [5.74, 6) is -2.41. The fourth-order valence-corrected chi connectivity index (χ4v) is 21.1. The fraction of sp³-hybridized carbons (Fsp3) is 0.675. The monoisotopic (exact) mass is 1820 g/mol. The van der Waals surface area contributed by atoms with Crippen molar-refractivity contribution in [1.82, 2.24) is 34.6 Å². The number of nitrogens with two attached hydrogens (primary N) is 3. The van der Waals surface area contributed by atoms with Crippen molar-refractivity contribution in [3.63, 3.8) is 0 Å². The van der Waals surface area contributed by atoms with Gasteiger partial charge in [0.25, 0.3) is 5.91 Å². The number of aryl methyl sites for hydroxylation is 6. The number of halogens is 6. The second kappa shape index (κ2) is 51.6. The predicted molar refractivity (Wildman–Crippen MR) is 453 cm³/mol. The Morgan fingerprint density at radius 3 is 1.17 bits per heavy atom. The van der Waals surface area contributed by atoms with Crippen LogP contribution in [0.25, 0.3) is 5.53 Å². The zero-order valence-corrected chi connectivity index (χ0v) is 76.9. The van der Waals surface area contributed by atoms with E-state index in [0.717, 1.165) is 62.9 Å². The first-order valence-electron chi connectivity index (χ1n) is 41.9. The number of Topliss-reactive ketones (excluding diaryl/α,β-unsaturated/α-hetero) is 3.